The van der Waals surface area contributed by atoms with Crippen molar-refractivity contribution in [2.24, 2.45) is 16.7 Å². The van der Waals surface area contributed by atoms with Gasteiger partial charge in [-0.1, -0.05) is 62.4 Å². The third-order valence-corrected chi connectivity index (χ3v) is 15.5. The molecule has 2 bridgehead atoms. The lowest BCUT2D eigenvalue weighted by Gasteiger charge is -2.37. The Balaban J connectivity index is 1.36. The highest BCUT2D eigenvalue weighted by Gasteiger charge is 2.74. The summed E-state index contributed by atoms with van der Waals surface area (Å²) in [5.74, 6) is -0.595. The van der Waals surface area contributed by atoms with Gasteiger partial charge in [0.25, 0.3) is 5.91 Å². The van der Waals surface area contributed by atoms with Gasteiger partial charge in [-0.15, -0.1) is 0 Å². The van der Waals surface area contributed by atoms with Crippen molar-refractivity contribution in [3.63, 3.8) is 0 Å². The maximum Gasteiger partial charge on any atom is 0.256 e. The van der Waals surface area contributed by atoms with Gasteiger partial charge in [0, 0.05) is 16.0 Å². The van der Waals surface area contributed by atoms with E-state index in [-0.39, 0.29) is 17.2 Å². The molecule has 2 saturated heterocycles. The van der Waals surface area contributed by atoms with E-state index in [1.54, 1.807) is 41.1 Å². The molecule has 0 radical (unpaired) electrons. The molecule has 0 N–H and O–H groups in total. The summed E-state index contributed by atoms with van der Waals surface area (Å²) < 4.78 is 59.6. The van der Waals surface area contributed by atoms with E-state index >= 15 is 4.57 Å². The molecule has 0 aromatic heterocycles. The zero-order chi connectivity index (χ0) is 28.1. The van der Waals surface area contributed by atoms with E-state index in [9.17, 15) is 17.6 Å². The molecule has 2 aliphatic carbocycles. The molecule has 40 heavy (non-hydrogen) atoms. The predicted molar refractivity (Wildman–Crippen MR) is 153 cm³/mol. The van der Waals surface area contributed by atoms with E-state index < -0.39 is 46.5 Å². The molecule has 3 aromatic carbocycles. The Morgan fingerprint density at radius 3 is 2.05 bits per heavy atom. The predicted octanol–water partition coefficient (Wildman–Crippen LogP) is 4.85. The highest BCUT2D eigenvalue weighted by atomic mass is 32.2. The van der Waals surface area contributed by atoms with Gasteiger partial charge >= 0.3 is 0 Å². The summed E-state index contributed by atoms with van der Waals surface area (Å²) >= 11 is 0. The number of hydrogen-bond donors (Lipinski definition) is 0. The Labute approximate surface area is 234 Å². The molecule has 6 nitrogen and oxygen atoms in total. The second kappa shape index (κ2) is 8.60. The lowest BCUT2D eigenvalue weighted by molar-refractivity contribution is -0.129. The first-order chi connectivity index (χ1) is 19.0. The van der Waals surface area contributed by atoms with Gasteiger partial charge in [0.1, 0.15) is 11.9 Å². The quantitative estimate of drug-likeness (QED) is 0.320. The first kappa shape index (κ1) is 26.1. The van der Waals surface area contributed by atoms with Crippen LogP contribution in [-0.2, 0) is 19.4 Å². The van der Waals surface area contributed by atoms with Crippen LogP contribution in [-0.4, -0.2) is 41.1 Å². The Bertz CT molecular complexity index is 1600. The van der Waals surface area contributed by atoms with Crippen molar-refractivity contribution in [3.05, 3.63) is 96.3 Å². The highest BCUT2D eigenvalue weighted by Crippen LogP contribution is 2.71. The molecule has 4 fully saturated rings. The minimum absolute atomic E-state index is 0.0249. The van der Waals surface area contributed by atoms with Crippen LogP contribution in [0.4, 0.5) is 4.39 Å². The van der Waals surface area contributed by atoms with Crippen molar-refractivity contribution < 1.29 is 22.2 Å². The molecule has 7 rings (SSSR count). The van der Waals surface area contributed by atoms with Gasteiger partial charge in [0.05, 0.1) is 17.8 Å². The van der Waals surface area contributed by atoms with Crippen molar-refractivity contribution in [2.45, 2.75) is 51.2 Å². The van der Waals surface area contributed by atoms with Crippen molar-refractivity contribution >= 4 is 33.8 Å². The largest absolute Gasteiger partial charge is 0.296 e. The molecule has 3 aromatic rings. The summed E-state index contributed by atoms with van der Waals surface area (Å²) in [6.07, 6.45) is 2.44. The fourth-order valence-electron chi connectivity index (χ4n) is 8.20. The number of halogens is 1. The number of carbonyl (C=O) groups is 1. The van der Waals surface area contributed by atoms with Crippen LogP contribution in [0, 0.1) is 22.6 Å². The second-order valence-electron chi connectivity index (χ2n) is 12.3. The minimum Gasteiger partial charge on any atom is -0.296 e. The van der Waals surface area contributed by atoms with E-state index in [1.165, 1.54) is 16.4 Å². The van der Waals surface area contributed by atoms with Crippen LogP contribution in [0.5, 0.6) is 0 Å². The normalized spacial score (nSPS) is 33.1. The van der Waals surface area contributed by atoms with Crippen LogP contribution in [0.1, 0.15) is 44.7 Å². The molecule has 2 saturated carbocycles. The van der Waals surface area contributed by atoms with Gasteiger partial charge in [-0.05, 0) is 72.6 Å². The van der Waals surface area contributed by atoms with Crippen molar-refractivity contribution in [3.8, 4) is 0 Å². The molecule has 1 unspecified atom stereocenters. The first-order valence-electron chi connectivity index (χ1n) is 13.8. The Kier molecular flexibility index (Phi) is 5.62. The van der Waals surface area contributed by atoms with Crippen molar-refractivity contribution in [1.82, 2.24) is 8.98 Å². The van der Waals surface area contributed by atoms with Gasteiger partial charge < -0.3 is 0 Å². The van der Waals surface area contributed by atoms with Crippen molar-refractivity contribution in [2.75, 3.05) is 5.75 Å². The molecule has 1 amide bonds. The molecular weight excluding hydrogens is 546 g/mol. The number of fused-ring (bicyclic) bond motifs is 1. The number of sulfonamides is 1. The van der Waals surface area contributed by atoms with Crippen LogP contribution in [0.2, 0.25) is 0 Å². The smallest absolute Gasteiger partial charge is 0.256 e. The van der Waals surface area contributed by atoms with Crippen LogP contribution in [0.25, 0.3) is 0 Å². The molecule has 9 heteroatoms. The average Bonchev–Trinajstić information content (AvgIpc) is 3.52. The lowest BCUT2D eigenvalue weighted by atomic mass is 9.69. The lowest BCUT2D eigenvalue weighted by Crippen LogP contribution is -2.46. The molecule has 2 heterocycles. The SMILES string of the molecule is CC1(C)[C@H]2CC[C@@]13CS(=O)(=O)N(C(=O)[C@H]1[C@@H](c4ccc(F)cc4)N1P(=O)(c1ccccc1)c1ccccc1)[C@H]3C2. The molecule has 4 aliphatic rings. The monoisotopic (exact) mass is 578 g/mol. The summed E-state index contributed by atoms with van der Waals surface area (Å²) in [6.45, 7) is 4.30. The number of hydrogen-bond acceptors (Lipinski definition) is 4. The van der Waals surface area contributed by atoms with Crippen molar-refractivity contribution in [1.29, 1.82) is 0 Å². The third kappa shape index (κ3) is 3.39. The molecular formula is C31H32FN2O4PS. The summed E-state index contributed by atoms with van der Waals surface area (Å²) in [4.78, 5) is 14.5. The Morgan fingerprint density at radius 2 is 1.50 bits per heavy atom. The van der Waals surface area contributed by atoms with E-state index in [0.717, 1.165) is 12.8 Å². The summed E-state index contributed by atoms with van der Waals surface area (Å²) in [6, 6.07) is 21.9. The highest BCUT2D eigenvalue weighted by molar-refractivity contribution is 7.90. The Hall–Kier alpha value is -2.80. The number of amides is 1. The maximum absolute atomic E-state index is 15.3. The van der Waals surface area contributed by atoms with E-state index in [2.05, 4.69) is 13.8 Å². The summed E-state index contributed by atoms with van der Waals surface area (Å²) in [7, 11) is -7.45. The molecule has 2 aliphatic heterocycles. The van der Waals surface area contributed by atoms with E-state index in [1.807, 2.05) is 36.4 Å². The van der Waals surface area contributed by atoms with Crippen LogP contribution >= 0.6 is 7.29 Å². The van der Waals surface area contributed by atoms with E-state index in [0.29, 0.717) is 28.5 Å². The standard InChI is InChI=1S/C31H32FN2O4PS/c1-30(2)22-17-18-31(30)20-40(37,38)34(26(31)19-22)29(35)28-27(21-13-15-23(32)16-14-21)33(28)39(36,24-9-5-3-6-10-24)25-11-7-4-8-12-25/h3-16,22,26-28H,17-20H2,1-2H3/t22-,26-,27+,28+,31-,33?/m0/s1. The van der Waals surface area contributed by atoms with Crippen LogP contribution < -0.4 is 10.6 Å². The first-order valence-corrected chi connectivity index (χ1v) is 17.1. The number of nitrogens with zero attached hydrogens (tertiary/aromatic N) is 2. The fraction of sp³-hybridized carbons (Fsp3) is 0.387. The van der Waals surface area contributed by atoms with Crippen LogP contribution in [0.3, 0.4) is 0 Å². The summed E-state index contributed by atoms with van der Waals surface area (Å²) in [5, 5.41) is 1.12. The zero-order valence-corrected chi connectivity index (χ0v) is 24.2. The van der Waals surface area contributed by atoms with Gasteiger partial charge in [0.15, 0.2) is 0 Å². The van der Waals surface area contributed by atoms with E-state index in [4.69, 9.17) is 0 Å². The Morgan fingerprint density at radius 1 is 0.925 bits per heavy atom. The zero-order valence-electron chi connectivity index (χ0n) is 22.5. The van der Waals surface area contributed by atoms with Gasteiger partial charge in [-0.2, -0.15) is 0 Å². The number of benzene rings is 3. The molecule has 1 spiro atoms. The third-order valence-electron chi connectivity index (χ3n) is 10.4. The van der Waals surface area contributed by atoms with Gasteiger partial charge in [-0.25, -0.2) is 21.8 Å². The molecule has 208 valence electrons. The fourth-order valence-corrected chi connectivity index (χ4v) is 13.9. The number of carbonyl (C=O) groups excluding carboxylic acids is 1. The van der Waals surface area contributed by atoms with Gasteiger partial charge in [0.2, 0.25) is 17.3 Å². The minimum atomic E-state index is -3.87. The van der Waals surface area contributed by atoms with Crippen LogP contribution in [0.15, 0.2) is 84.9 Å². The maximum atomic E-state index is 15.3. The number of rotatable bonds is 5. The molecule has 6 atom stereocenters. The average molecular weight is 579 g/mol. The second-order valence-corrected chi connectivity index (χ2v) is 16.8. The van der Waals surface area contributed by atoms with Gasteiger partial charge in [-0.3, -0.25) is 9.36 Å². The summed E-state index contributed by atoms with van der Waals surface area (Å²) in [5.41, 5.74) is -0.00543. The topological polar surface area (TPSA) is 74.5 Å².